The Morgan fingerprint density at radius 3 is 2.23 bits per heavy atom. The van der Waals surface area contributed by atoms with Crippen LogP contribution in [-0.2, 0) is 27.8 Å². The van der Waals surface area contributed by atoms with Gasteiger partial charge >= 0.3 is 0 Å². The van der Waals surface area contributed by atoms with Gasteiger partial charge in [0, 0.05) is 58.2 Å². The summed E-state index contributed by atoms with van der Waals surface area (Å²) in [6, 6.07) is 10.8. The normalized spacial score (nSPS) is 18.8. The molecule has 1 amide bonds. The molecule has 31 heavy (non-hydrogen) atoms. The Bertz CT molecular complexity index is 966. The average molecular weight is 443 g/mol. The Morgan fingerprint density at radius 2 is 1.58 bits per heavy atom. The summed E-state index contributed by atoms with van der Waals surface area (Å²) in [6.45, 7) is 5.13. The van der Waals surface area contributed by atoms with Gasteiger partial charge < -0.3 is 4.90 Å². The first-order valence-corrected chi connectivity index (χ1v) is 12.4. The number of benzene rings is 1. The van der Waals surface area contributed by atoms with E-state index in [1.807, 2.05) is 17.2 Å². The van der Waals surface area contributed by atoms with Gasteiger partial charge in [0.2, 0.25) is 15.9 Å². The van der Waals surface area contributed by atoms with E-state index in [0.29, 0.717) is 37.5 Å². The van der Waals surface area contributed by atoms with Gasteiger partial charge in [0.05, 0.1) is 11.3 Å². The lowest BCUT2D eigenvalue weighted by molar-refractivity contribution is -0.132. The molecule has 0 N–H and O–H groups in total. The van der Waals surface area contributed by atoms with Gasteiger partial charge in [-0.15, -0.1) is 0 Å². The summed E-state index contributed by atoms with van der Waals surface area (Å²) >= 11 is 0. The number of rotatable bonds is 6. The number of piperidine rings is 1. The first kappa shape index (κ1) is 21.9. The van der Waals surface area contributed by atoms with Crippen molar-refractivity contribution in [3.8, 4) is 0 Å². The standard InChI is InChI=1S/C23H30N4O3S/c28-23(26-15-13-25(14-16-26)19-21-5-4-10-24-18-21)17-20-6-8-22(9-7-20)31(29,30)27-11-2-1-3-12-27/h4-10,18H,1-3,11-17,19H2. The fourth-order valence-corrected chi connectivity index (χ4v) is 5.74. The molecule has 4 rings (SSSR count). The third kappa shape index (κ3) is 5.50. The molecule has 2 aliphatic rings. The van der Waals surface area contributed by atoms with Gasteiger partial charge in [0.15, 0.2) is 0 Å². The van der Waals surface area contributed by atoms with E-state index in [-0.39, 0.29) is 5.91 Å². The summed E-state index contributed by atoms with van der Waals surface area (Å²) in [5, 5.41) is 0. The smallest absolute Gasteiger partial charge is 0.243 e. The molecule has 2 saturated heterocycles. The highest BCUT2D eigenvalue weighted by molar-refractivity contribution is 7.89. The quantitative estimate of drug-likeness (QED) is 0.685. The van der Waals surface area contributed by atoms with Crippen LogP contribution in [0.5, 0.6) is 0 Å². The fraction of sp³-hybridized carbons (Fsp3) is 0.478. The fourth-order valence-electron chi connectivity index (χ4n) is 4.23. The number of pyridine rings is 1. The zero-order chi connectivity index (χ0) is 21.7. The van der Waals surface area contributed by atoms with Crippen molar-refractivity contribution in [1.29, 1.82) is 0 Å². The predicted octanol–water partition coefficient (Wildman–Crippen LogP) is 2.14. The number of nitrogens with zero attached hydrogens (tertiary/aromatic N) is 4. The molecule has 0 bridgehead atoms. The van der Waals surface area contributed by atoms with Crippen molar-refractivity contribution in [2.24, 2.45) is 0 Å². The number of piperazine rings is 1. The lowest BCUT2D eigenvalue weighted by Gasteiger charge is -2.34. The van der Waals surface area contributed by atoms with E-state index in [4.69, 9.17) is 0 Å². The van der Waals surface area contributed by atoms with Crippen molar-refractivity contribution in [3.05, 3.63) is 59.9 Å². The Kier molecular flexibility index (Phi) is 6.99. The molecule has 2 fully saturated rings. The van der Waals surface area contributed by atoms with E-state index in [1.165, 1.54) is 5.56 Å². The second-order valence-corrected chi connectivity index (χ2v) is 10.2. The summed E-state index contributed by atoms with van der Waals surface area (Å²) in [4.78, 5) is 21.4. The Balaban J connectivity index is 1.29. The van der Waals surface area contributed by atoms with Crippen LogP contribution in [0.4, 0.5) is 0 Å². The van der Waals surface area contributed by atoms with Crippen LogP contribution in [0.1, 0.15) is 30.4 Å². The van der Waals surface area contributed by atoms with Crippen molar-refractivity contribution in [2.75, 3.05) is 39.3 Å². The average Bonchev–Trinajstić information content (AvgIpc) is 2.81. The molecule has 1 aromatic carbocycles. The first-order valence-electron chi connectivity index (χ1n) is 11.0. The van der Waals surface area contributed by atoms with E-state index >= 15 is 0 Å². The molecule has 166 valence electrons. The van der Waals surface area contributed by atoms with E-state index < -0.39 is 10.0 Å². The zero-order valence-corrected chi connectivity index (χ0v) is 18.6. The maximum absolute atomic E-state index is 12.8. The van der Waals surface area contributed by atoms with Gasteiger partial charge in [-0.05, 0) is 42.2 Å². The van der Waals surface area contributed by atoms with Gasteiger partial charge in [-0.1, -0.05) is 24.6 Å². The number of amides is 1. The summed E-state index contributed by atoms with van der Waals surface area (Å²) in [5.41, 5.74) is 2.03. The van der Waals surface area contributed by atoms with Crippen LogP contribution in [-0.4, -0.2) is 72.7 Å². The van der Waals surface area contributed by atoms with E-state index in [9.17, 15) is 13.2 Å². The highest BCUT2D eigenvalue weighted by Crippen LogP contribution is 2.21. The van der Waals surface area contributed by atoms with Crippen LogP contribution in [0.3, 0.4) is 0 Å². The monoisotopic (exact) mass is 442 g/mol. The summed E-state index contributed by atoms with van der Waals surface area (Å²) < 4.78 is 27.1. The van der Waals surface area contributed by atoms with Crippen molar-refractivity contribution in [2.45, 2.75) is 37.1 Å². The maximum atomic E-state index is 12.8. The molecule has 0 aliphatic carbocycles. The summed E-state index contributed by atoms with van der Waals surface area (Å²) in [6.07, 6.45) is 6.88. The molecule has 8 heteroatoms. The van der Waals surface area contributed by atoms with Crippen molar-refractivity contribution in [3.63, 3.8) is 0 Å². The zero-order valence-electron chi connectivity index (χ0n) is 17.8. The number of aromatic nitrogens is 1. The molecular weight excluding hydrogens is 412 g/mol. The summed E-state index contributed by atoms with van der Waals surface area (Å²) in [7, 11) is -3.43. The SMILES string of the molecule is O=C(Cc1ccc(S(=O)(=O)N2CCCCC2)cc1)N1CCN(Cc2cccnc2)CC1. The molecule has 3 heterocycles. The van der Waals surface area contributed by atoms with Crippen molar-refractivity contribution < 1.29 is 13.2 Å². The number of hydrogen-bond acceptors (Lipinski definition) is 5. The van der Waals surface area contributed by atoms with E-state index in [1.54, 1.807) is 34.8 Å². The Morgan fingerprint density at radius 1 is 0.871 bits per heavy atom. The predicted molar refractivity (Wildman–Crippen MR) is 119 cm³/mol. The molecule has 0 spiro atoms. The van der Waals surface area contributed by atoms with Crippen molar-refractivity contribution in [1.82, 2.24) is 19.1 Å². The largest absolute Gasteiger partial charge is 0.340 e. The third-order valence-corrected chi connectivity index (χ3v) is 8.00. The topological polar surface area (TPSA) is 73.8 Å². The van der Waals surface area contributed by atoms with E-state index in [2.05, 4.69) is 16.0 Å². The maximum Gasteiger partial charge on any atom is 0.243 e. The lowest BCUT2D eigenvalue weighted by Crippen LogP contribution is -2.48. The third-order valence-electron chi connectivity index (χ3n) is 6.09. The number of hydrogen-bond donors (Lipinski definition) is 0. The minimum absolute atomic E-state index is 0.0904. The number of sulfonamides is 1. The Labute approximate surface area is 184 Å². The molecule has 2 aliphatic heterocycles. The second kappa shape index (κ2) is 9.89. The first-order chi connectivity index (χ1) is 15.0. The molecule has 0 unspecified atom stereocenters. The highest BCUT2D eigenvalue weighted by Gasteiger charge is 2.26. The molecule has 7 nitrogen and oxygen atoms in total. The second-order valence-electron chi connectivity index (χ2n) is 8.30. The molecular formula is C23H30N4O3S. The molecule has 2 aromatic rings. The molecule has 0 radical (unpaired) electrons. The van der Waals surface area contributed by atoms with Gasteiger partial charge in [-0.25, -0.2) is 8.42 Å². The van der Waals surface area contributed by atoms with Gasteiger partial charge in [0.1, 0.15) is 0 Å². The van der Waals surface area contributed by atoms with Crippen LogP contribution >= 0.6 is 0 Å². The van der Waals surface area contributed by atoms with Gasteiger partial charge in [-0.3, -0.25) is 14.7 Å². The molecule has 1 aromatic heterocycles. The Hall–Kier alpha value is -2.29. The van der Waals surface area contributed by atoms with Gasteiger partial charge in [-0.2, -0.15) is 4.31 Å². The minimum Gasteiger partial charge on any atom is -0.340 e. The highest BCUT2D eigenvalue weighted by atomic mass is 32.2. The number of carbonyl (C=O) groups excluding carboxylic acids is 1. The van der Waals surface area contributed by atoms with E-state index in [0.717, 1.165) is 44.5 Å². The van der Waals surface area contributed by atoms with Crippen LogP contribution in [0.25, 0.3) is 0 Å². The molecule has 0 saturated carbocycles. The minimum atomic E-state index is -3.43. The van der Waals surface area contributed by atoms with Crippen LogP contribution in [0.15, 0.2) is 53.7 Å². The number of carbonyl (C=O) groups is 1. The van der Waals surface area contributed by atoms with Crippen LogP contribution < -0.4 is 0 Å². The van der Waals surface area contributed by atoms with Crippen LogP contribution in [0, 0.1) is 0 Å². The molecule has 0 atom stereocenters. The van der Waals surface area contributed by atoms with Crippen molar-refractivity contribution >= 4 is 15.9 Å². The lowest BCUT2D eigenvalue weighted by atomic mass is 10.1. The summed E-state index contributed by atoms with van der Waals surface area (Å²) in [5.74, 6) is 0.0904. The van der Waals surface area contributed by atoms with Crippen LogP contribution in [0.2, 0.25) is 0 Å². The van der Waals surface area contributed by atoms with Gasteiger partial charge in [0.25, 0.3) is 0 Å².